The lowest BCUT2D eigenvalue weighted by atomic mass is 10.2. The number of nitrogens with two attached hydrogens (primary N) is 1. The molecule has 0 aromatic carbocycles. The van der Waals surface area contributed by atoms with Gasteiger partial charge in [-0.15, -0.1) is 0 Å². The minimum Gasteiger partial charge on any atom is -0.388 e. The fourth-order valence-electron chi connectivity index (χ4n) is 1.47. The maximum absolute atomic E-state index is 7.28. The Hall–Kier alpha value is -0.810. The number of aromatic nitrogens is 1. The van der Waals surface area contributed by atoms with Crippen LogP contribution in [0.1, 0.15) is 20.3 Å². The van der Waals surface area contributed by atoms with Gasteiger partial charge in [-0.25, -0.2) is 4.98 Å². The molecule has 0 radical (unpaired) electrons. The lowest BCUT2D eigenvalue weighted by molar-refractivity contribution is 0.677. The van der Waals surface area contributed by atoms with Gasteiger partial charge in [0.25, 0.3) is 0 Å². The number of pyridine rings is 1. The summed E-state index contributed by atoms with van der Waals surface area (Å²) >= 11 is 9.31. The first kappa shape index (κ1) is 14.3. The van der Waals surface area contributed by atoms with Crippen molar-refractivity contribution < 1.29 is 0 Å². The van der Waals surface area contributed by atoms with Crippen molar-refractivity contribution >= 4 is 39.2 Å². The molecule has 0 spiro atoms. The number of rotatable bonds is 5. The smallest absolute Gasteiger partial charge is 0.143 e. The molecule has 0 aliphatic heterocycles. The van der Waals surface area contributed by atoms with E-state index in [4.69, 9.17) is 22.7 Å². The minimum absolute atomic E-state index is 0.181. The van der Waals surface area contributed by atoms with Crippen LogP contribution < -0.4 is 10.6 Å². The molecule has 0 unspecified atom stereocenters. The Morgan fingerprint density at radius 1 is 1.65 bits per heavy atom. The van der Waals surface area contributed by atoms with Gasteiger partial charge in [0.05, 0.1) is 15.3 Å². The van der Waals surface area contributed by atoms with Crippen molar-refractivity contribution in [3.05, 3.63) is 21.8 Å². The lowest BCUT2D eigenvalue weighted by Crippen LogP contribution is -2.34. The molecule has 0 amide bonds. The van der Waals surface area contributed by atoms with Gasteiger partial charge in [-0.1, -0.05) is 11.6 Å². The molecule has 0 saturated heterocycles. The molecule has 94 valence electrons. The van der Waals surface area contributed by atoms with Crippen LogP contribution >= 0.6 is 27.5 Å². The number of hydrogen-bond acceptors (Lipinski definition) is 3. The predicted octanol–water partition coefficient (Wildman–Crippen LogP) is 3.04. The average Bonchev–Trinajstić information content (AvgIpc) is 2.20. The Balaban J connectivity index is 2.93. The largest absolute Gasteiger partial charge is 0.388 e. The maximum atomic E-state index is 7.28. The zero-order chi connectivity index (χ0) is 13.0. The van der Waals surface area contributed by atoms with Crippen LogP contribution in [0.15, 0.2) is 16.7 Å². The number of nitrogens with zero attached hydrogens (tertiary/aromatic N) is 2. The molecular formula is C11H16BrClN4. The second kappa shape index (κ2) is 6.21. The van der Waals surface area contributed by atoms with E-state index in [2.05, 4.69) is 39.7 Å². The predicted molar refractivity (Wildman–Crippen MR) is 76.0 cm³/mol. The summed E-state index contributed by atoms with van der Waals surface area (Å²) in [6.45, 7) is 4.81. The first-order valence-electron chi connectivity index (χ1n) is 5.32. The Morgan fingerprint density at radius 2 is 2.29 bits per heavy atom. The topological polar surface area (TPSA) is 66.0 Å². The number of halogens is 2. The number of anilines is 1. The zero-order valence-corrected chi connectivity index (χ0v) is 12.2. The van der Waals surface area contributed by atoms with Gasteiger partial charge in [-0.2, -0.15) is 0 Å². The standard InChI is InChI=1S/C11H16BrClN4/c1-7(2)17(4-3-10(14)15)11-9(12)5-8(13)6-16-11/h5-7H,3-4H2,1-2H3,(H3,14,15). The van der Waals surface area contributed by atoms with Crippen molar-refractivity contribution in [2.75, 3.05) is 11.4 Å². The summed E-state index contributed by atoms with van der Waals surface area (Å²) in [7, 11) is 0. The molecule has 6 heteroatoms. The van der Waals surface area contributed by atoms with Crippen LogP contribution in [0.2, 0.25) is 5.02 Å². The first-order valence-corrected chi connectivity index (χ1v) is 6.49. The van der Waals surface area contributed by atoms with Gasteiger partial charge in [-0.05, 0) is 35.8 Å². The molecule has 0 atom stereocenters. The highest BCUT2D eigenvalue weighted by Gasteiger charge is 2.15. The molecule has 3 N–H and O–H groups in total. The second-order valence-electron chi connectivity index (χ2n) is 4.02. The number of nitrogens with one attached hydrogen (secondary N) is 1. The molecule has 0 fully saturated rings. The van der Waals surface area contributed by atoms with Crippen molar-refractivity contribution in [1.29, 1.82) is 5.41 Å². The van der Waals surface area contributed by atoms with E-state index in [1.165, 1.54) is 0 Å². The van der Waals surface area contributed by atoms with Crippen LogP contribution in [0.3, 0.4) is 0 Å². The monoisotopic (exact) mass is 318 g/mol. The summed E-state index contributed by atoms with van der Waals surface area (Å²) in [5, 5.41) is 7.87. The number of amidine groups is 1. The van der Waals surface area contributed by atoms with Gasteiger partial charge < -0.3 is 10.6 Å². The summed E-state index contributed by atoms with van der Waals surface area (Å²) in [4.78, 5) is 6.40. The minimum atomic E-state index is 0.181. The van der Waals surface area contributed by atoms with Gasteiger partial charge in [0.2, 0.25) is 0 Å². The van der Waals surface area contributed by atoms with Crippen LogP contribution in [-0.2, 0) is 0 Å². The quantitative estimate of drug-likeness (QED) is 0.647. The molecule has 0 aliphatic rings. The Bertz CT molecular complexity index is 408. The summed E-state index contributed by atoms with van der Waals surface area (Å²) in [5.74, 6) is 1.01. The highest BCUT2D eigenvalue weighted by atomic mass is 79.9. The molecule has 1 aromatic rings. The van der Waals surface area contributed by atoms with Crippen molar-refractivity contribution in [3.8, 4) is 0 Å². The third-order valence-electron chi connectivity index (χ3n) is 2.31. The molecule has 1 aromatic heterocycles. The van der Waals surface area contributed by atoms with Crippen molar-refractivity contribution in [1.82, 2.24) is 4.98 Å². The van der Waals surface area contributed by atoms with Crippen LogP contribution in [-0.4, -0.2) is 23.4 Å². The lowest BCUT2D eigenvalue weighted by Gasteiger charge is -2.28. The normalized spacial score (nSPS) is 10.6. The molecule has 0 bridgehead atoms. The third kappa shape index (κ3) is 4.16. The molecule has 1 heterocycles. The highest BCUT2D eigenvalue weighted by Crippen LogP contribution is 2.27. The van der Waals surface area contributed by atoms with E-state index >= 15 is 0 Å². The molecule has 0 saturated carbocycles. The van der Waals surface area contributed by atoms with Gasteiger partial charge in [0.15, 0.2) is 0 Å². The van der Waals surface area contributed by atoms with Crippen LogP contribution in [0.5, 0.6) is 0 Å². The number of hydrogen-bond donors (Lipinski definition) is 2. The average molecular weight is 320 g/mol. The Kier molecular flexibility index (Phi) is 5.21. The molecule has 0 aliphatic carbocycles. The second-order valence-corrected chi connectivity index (χ2v) is 5.31. The van der Waals surface area contributed by atoms with Gasteiger partial charge in [-0.3, -0.25) is 5.41 Å². The van der Waals surface area contributed by atoms with Crippen LogP contribution in [0.25, 0.3) is 0 Å². The van der Waals surface area contributed by atoms with E-state index in [1.807, 2.05) is 6.07 Å². The van der Waals surface area contributed by atoms with E-state index in [1.54, 1.807) is 6.20 Å². The van der Waals surface area contributed by atoms with Crippen LogP contribution in [0.4, 0.5) is 5.82 Å². The molecular weight excluding hydrogens is 304 g/mol. The molecule has 1 rings (SSSR count). The van der Waals surface area contributed by atoms with Crippen molar-refractivity contribution in [2.45, 2.75) is 26.3 Å². The molecule has 17 heavy (non-hydrogen) atoms. The van der Waals surface area contributed by atoms with Crippen molar-refractivity contribution in [2.24, 2.45) is 5.73 Å². The fourth-order valence-corrected chi connectivity index (χ4v) is 2.33. The summed E-state index contributed by atoms with van der Waals surface area (Å²) in [6, 6.07) is 2.09. The highest BCUT2D eigenvalue weighted by molar-refractivity contribution is 9.10. The SMILES string of the molecule is CC(C)N(CCC(=N)N)c1ncc(Cl)cc1Br. The summed E-state index contributed by atoms with van der Waals surface area (Å²) in [5.41, 5.74) is 5.38. The van der Waals surface area contributed by atoms with Crippen LogP contribution in [0, 0.1) is 5.41 Å². The first-order chi connectivity index (χ1) is 7.91. The Labute approximate surface area is 115 Å². The van der Waals surface area contributed by atoms with E-state index in [9.17, 15) is 0 Å². The third-order valence-corrected chi connectivity index (χ3v) is 3.10. The van der Waals surface area contributed by atoms with E-state index in [0.717, 1.165) is 10.3 Å². The maximum Gasteiger partial charge on any atom is 0.143 e. The summed E-state index contributed by atoms with van der Waals surface area (Å²) < 4.78 is 0.849. The van der Waals surface area contributed by atoms with E-state index < -0.39 is 0 Å². The van der Waals surface area contributed by atoms with E-state index in [0.29, 0.717) is 18.0 Å². The Morgan fingerprint density at radius 3 is 2.76 bits per heavy atom. The van der Waals surface area contributed by atoms with Gasteiger partial charge >= 0.3 is 0 Å². The fraction of sp³-hybridized carbons (Fsp3) is 0.455. The van der Waals surface area contributed by atoms with Crippen molar-refractivity contribution in [3.63, 3.8) is 0 Å². The van der Waals surface area contributed by atoms with Gasteiger partial charge in [0.1, 0.15) is 5.82 Å². The molecule has 4 nitrogen and oxygen atoms in total. The van der Waals surface area contributed by atoms with Gasteiger partial charge in [0, 0.05) is 25.2 Å². The van der Waals surface area contributed by atoms with E-state index in [-0.39, 0.29) is 11.9 Å². The zero-order valence-electron chi connectivity index (χ0n) is 9.87. The summed E-state index contributed by atoms with van der Waals surface area (Å²) in [6.07, 6.45) is 2.14.